The number of anilines is 2. The highest BCUT2D eigenvalue weighted by Crippen LogP contribution is 2.24. The smallest absolute Gasteiger partial charge is 0.243 e. The van der Waals surface area contributed by atoms with Gasteiger partial charge in [-0.25, -0.2) is 18.4 Å². The molecule has 0 aliphatic heterocycles. The molecule has 10 heteroatoms. The molecular formula is C26H27F2N7O. The van der Waals surface area contributed by atoms with Crippen LogP contribution in [0.5, 0.6) is 0 Å². The van der Waals surface area contributed by atoms with Gasteiger partial charge in [-0.05, 0) is 55.3 Å². The first-order valence-electron chi connectivity index (χ1n) is 11.6. The van der Waals surface area contributed by atoms with Crippen molar-refractivity contribution >= 4 is 17.5 Å². The number of rotatable bonds is 10. The second-order valence-corrected chi connectivity index (χ2v) is 8.13. The van der Waals surface area contributed by atoms with E-state index in [0.29, 0.717) is 36.0 Å². The van der Waals surface area contributed by atoms with E-state index in [2.05, 4.69) is 31.0 Å². The molecular weight excluding hydrogens is 464 g/mol. The van der Waals surface area contributed by atoms with Gasteiger partial charge < -0.3 is 10.6 Å². The molecule has 186 valence electrons. The van der Waals surface area contributed by atoms with E-state index in [4.69, 9.17) is 0 Å². The summed E-state index contributed by atoms with van der Waals surface area (Å²) in [6, 6.07) is 13.8. The first kappa shape index (κ1) is 24.9. The van der Waals surface area contributed by atoms with Crippen molar-refractivity contribution < 1.29 is 13.6 Å². The van der Waals surface area contributed by atoms with E-state index < -0.39 is 11.9 Å². The molecule has 8 nitrogen and oxygen atoms in total. The fourth-order valence-corrected chi connectivity index (χ4v) is 3.69. The van der Waals surface area contributed by atoms with Crippen LogP contribution in [0.15, 0.2) is 67.0 Å². The molecule has 3 heterocycles. The monoisotopic (exact) mass is 491 g/mol. The highest BCUT2D eigenvalue weighted by atomic mass is 19.1. The van der Waals surface area contributed by atoms with Crippen molar-refractivity contribution in [2.75, 3.05) is 17.7 Å². The number of pyridine rings is 2. The van der Waals surface area contributed by atoms with E-state index in [9.17, 15) is 13.6 Å². The van der Waals surface area contributed by atoms with Gasteiger partial charge in [-0.3, -0.25) is 15.1 Å². The minimum Gasteiger partial charge on any atom is -0.373 e. The number of halogens is 2. The number of aryl methyl sites for hydroxylation is 1. The van der Waals surface area contributed by atoms with Crippen molar-refractivity contribution in [2.24, 2.45) is 0 Å². The van der Waals surface area contributed by atoms with Gasteiger partial charge in [0.2, 0.25) is 5.91 Å². The molecule has 3 aromatic heterocycles. The predicted octanol–water partition coefficient (Wildman–Crippen LogP) is 4.02. The van der Waals surface area contributed by atoms with Crippen molar-refractivity contribution in [2.45, 2.75) is 32.5 Å². The average molecular weight is 492 g/mol. The van der Waals surface area contributed by atoms with E-state index in [0.717, 1.165) is 17.3 Å². The van der Waals surface area contributed by atoms with Crippen LogP contribution in [0.4, 0.5) is 20.4 Å². The van der Waals surface area contributed by atoms with Gasteiger partial charge in [-0.2, -0.15) is 5.10 Å². The van der Waals surface area contributed by atoms with Crippen molar-refractivity contribution in [1.29, 1.82) is 0 Å². The lowest BCUT2D eigenvalue weighted by Crippen LogP contribution is -2.42. The topological polar surface area (TPSA) is 96.8 Å². The summed E-state index contributed by atoms with van der Waals surface area (Å²) < 4.78 is 28.3. The van der Waals surface area contributed by atoms with Gasteiger partial charge in [-0.1, -0.05) is 12.1 Å². The van der Waals surface area contributed by atoms with Gasteiger partial charge in [0.25, 0.3) is 0 Å². The zero-order valence-electron chi connectivity index (χ0n) is 20.0. The first-order chi connectivity index (χ1) is 17.4. The molecule has 0 unspecified atom stereocenters. The van der Waals surface area contributed by atoms with Crippen molar-refractivity contribution in [3.63, 3.8) is 0 Å². The third kappa shape index (κ3) is 6.28. The maximum absolute atomic E-state index is 13.4. The lowest BCUT2D eigenvalue weighted by atomic mass is 10.0. The van der Waals surface area contributed by atoms with Crippen molar-refractivity contribution in [1.82, 2.24) is 25.1 Å². The van der Waals surface area contributed by atoms with Gasteiger partial charge in [0.05, 0.1) is 23.6 Å². The lowest BCUT2D eigenvalue weighted by Gasteiger charge is -2.19. The van der Waals surface area contributed by atoms with Crippen LogP contribution in [0, 0.1) is 11.6 Å². The Kier molecular flexibility index (Phi) is 7.96. The molecule has 0 radical (unpaired) electrons. The fourth-order valence-electron chi connectivity index (χ4n) is 3.69. The Bertz CT molecular complexity index is 1310. The molecule has 0 saturated heterocycles. The summed E-state index contributed by atoms with van der Waals surface area (Å²) in [5.41, 5.74) is 2.94. The third-order valence-electron chi connectivity index (χ3n) is 5.63. The Morgan fingerprint density at radius 1 is 1.03 bits per heavy atom. The third-order valence-corrected chi connectivity index (χ3v) is 5.63. The number of carbonyl (C=O) groups excluding carboxylic acids is 1. The number of hydrogen-bond acceptors (Lipinski definition) is 6. The molecule has 0 aliphatic carbocycles. The highest BCUT2D eigenvalue weighted by Gasteiger charge is 2.21. The summed E-state index contributed by atoms with van der Waals surface area (Å²) in [5.74, 6) is 0.195. The molecule has 1 atom stereocenters. The maximum atomic E-state index is 13.4. The minimum absolute atomic E-state index is 0.252. The molecule has 4 aromatic rings. The van der Waals surface area contributed by atoms with Crippen LogP contribution in [-0.2, 0) is 24.3 Å². The van der Waals surface area contributed by atoms with Crippen LogP contribution in [0.2, 0.25) is 0 Å². The van der Waals surface area contributed by atoms with Crippen LogP contribution in [0.25, 0.3) is 11.3 Å². The van der Waals surface area contributed by atoms with Gasteiger partial charge in [0, 0.05) is 38.0 Å². The Morgan fingerprint density at radius 2 is 1.81 bits per heavy atom. The SMILES string of the molecule is CCn1nc(-c2ccnc(NC)c2)cc1NC(=O)[C@H](Cc1ccc(F)cc1)NCc1ccc(F)cn1. The molecule has 3 N–H and O–H groups in total. The van der Waals surface area contributed by atoms with Gasteiger partial charge in [-0.15, -0.1) is 0 Å². The molecule has 0 fully saturated rings. The second kappa shape index (κ2) is 11.5. The van der Waals surface area contributed by atoms with Gasteiger partial charge in [0.15, 0.2) is 0 Å². The number of amides is 1. The number of hydrogen-bond donors (Lipinski definition) is 3. The summed E-state index contributed by atoms with van der Waals surface area (Å²) in [4.78, 5) is 21.7. The maximum Gasteiger partial charge on any atom is 0.243 e. The van der Waals surface area contributed by atoms with Crippen LogP contribution >= 0.6 is 0 Å². The summed E-state index contributed by atoms with van der Waals surface area (Å²) >= 11 is 0. The lowest BCUT2D eigenvalue weighted by molar-refractivity contribution is -0.118. The van der Waals surface area contributed by atoms with E-state index in [1.165, 1.54) is 18.2 Å². The quantitative estimate of drug-likeness (QED) is 0.310. The molecule has 4 rings (SSSR count). The molecule has 0 bridgehead atoms. The highest BCUT2D eigenvalue weighted by molar-refractivity contribution is 5.94. The van der Waals surface area contributed by atoms with Crippen molar-refractivity contribution in [3.05, 3.63) is 89.9 Å². The summed E-state index contributed by atoms with van der Waals surface area (Å²) in [6.45, 7) is 2.74. The normalized spacial score (nSPS) is 11.8. The molecule has 36 heavy (non-hydrogen) atoms. The van der Waals surface area contributed by atoms with Crippen LogP contribution in [0.1, 0.15) is 18.2 Å². The predicted molar refractivity (Wildman–Crippen MR) is 134 cm³/mol. The number of nitrogens with zero attached hydrogens (tertiary/aromatic N) is 4. The standard InChI is InChI=1S/C26H27F2N7O/c1-3-35-25(14-22(34-35)18-10-11-30-24(13-18)29-2)33-26(36)23(12-17-4-6-19(27)7-5-17)32-16-21-9-8-20(28)15-31-21/h4-11,13-15,23,32H,3,12,16H2,1-2H3,(H,29,30)(H,33,36)/t23-/m0/s1. The number of benzene rings is 1. The van der Waals surface area contributed by atoms with E-state index >= 15 is 0 Å². The van der Waals surface area contributed by atoms with Crippen LogP contribution in [0.3, 0.4) is 0 Å². The molecule has 0 spiro atoms. The zero-order valence-corrected chi connectivity index (χ0v) is 20.0. The Hall–Kier alpha value is -4.18. The van der Waals surface area contributed by atoms with E-state index in [1.54, 1.807) is 36.1 Å². The van der Waals surface area contributed by atoms with Crippen LogP contribution < -0.4 is 16.0 Å². The van der Waals surface area contributed by atoms with Crippen LogP contribution in [-0.4, -0.2) is 38.7 Å². The average Bonchev–Trinajstić information content (AvgIpc) is 3.31. The summed E-state index contributed by atoms with van der Waals surface area (Å²) in [6.07, 6.45) is 3.14. The van der Waals surface area contributed by atoms with Crippen molar-refractivity contribution in [3.8, 4) is 11.3 Å². The Morgan fingerprint density at radius 3 is 2.50 bits per heavy atom. The zero-order chi connectivity index (χ0) is 25.5. The van der Waals surface area contributed by atoms with E-state index in [1.807, 2.05) is 25.1 Å². The fraction of sp³-hybridized carbons (Fsp3) is 0.231. The van der Waals surface area contributed by atoms with Gasteiger partial charge >= 0.3 is 0 Å². The molecule has 0 aliphatic rings. The molecule has 0 saturated carbocycles. The number of nitrogens with one attached hydrogen (secondary N) is 3. The Balaban J connectivity index is 1.54. The summed E-state index contributed by atoms with van der Waals surface area (Å²) in [7, 11) is 1.79. The summed E-state index contributed by atoms with van der Waals surface area (Å²) in [5, 5.41) is 13.8. The first-order valence-corrected chi connectivity index (χ1v) is 11.6. The molecule has 1 aromatic carbocycles. The van der Waals surface area contributed by atoms with E-state index in [-0.39, 0.29) is 18.3 Å². The minimum atomic E-state index is -0.664. The Labute approximate surface area is 207 Å². The number of carbonyl (C=O) groups is 1. The second-order valence-electron chi connectivity index (χ2n) is 8.13. The largest absolute Gasteiger partial charge is 0.373 e. The number of aromatic nitrogens is 4. The van der Waals surface area contributed by atoms with Gasteiger partial charge in [0.1, 0.15) is 23.3 Å². The molecule has 1 amide bonds.